The standard InChI is InChI=1S/C14H29NOS/c1-4-10-15-14(13-8-6-7-9-13)11-17(16)12(3)5-2/h12-15H,4-11H2,1-3H3. The van der Waals surface area contributed by atoms with Crippen molar-refractivity contribution in [3.8, 4) is 0 Å². The van der Waals surface area contributed by atoms with E-state index in [1.54, 1.807) is 0 Å². The molecule has 1 saturated carbocycles. The molecule has 0 aliphatic heterocycles. The zero-order valence-electron chi connectivity index (χ0n) is 11.7. The summed E-state index contributed by atoms with van der Waals surface area (Å²) in [4.78, 5) is 0. The van der Waals surface area contributed by atoms with Gasteiger partial charge < -0.3 is 5.32 Å². The number of hydrogen-bond donors (Lipinski definition) is 1. The average Bonchev–Trinajstić information content (AvgIpc) is 2.86. The molecule has 3 unspecified atom stereocenters. The molecule has 0 spiro atoms. The van der Waals surface area contributed by atoms with E-state index in [0.29, 0.717) is 11.3 Å². The van der Waals surface area contributed by atoms with E-state index in [2.05, 4.69) is 26.1 Å². The fraction of sp³-hybridized carbons (Fsp3) is 1.00. The average molecular weight is 259 g/mol. The Morgan fingerprint density at radius 3 is 2.47 bits per heavy atom. The molecule has 1 rings (SSSR count). The van der Waals surface area contributed by atoms with Crippen LogP contribution in [-0.4, -0.2) is 27.8 Å². The lowest BCUT2D eigenvalue weighted by Crippen LogP contribution is -2.41. The molecule has 3 atom stereocenters. The predicted molar refractivity (Wildman–Crippen MR) is 76.8 cm³/mol. The molecule has 102 valence electrons. The summed E-state index contributed by atoms with van der Waals surface area (Å²) in [5, 5.41) is 3.98. The third-order valence-electron chi connectivity index (χ3n) is 3.99. The Bertz CT molecular complexity index is 226. The van der Waals surface area contributed by atoms with Crippen molar-refractivity contribution >= 4 is 10.8 Å². The summed E-state index contributed by atoms with van der Waals surface area (Å²) >= 11 is 0. The van der Waals surface area contributed by atoms with Gasteiger partial charge >= 0.3 is 0 Å². The molecule has 1 aliphatic carbocycles. The summed E-state index contributed by atoms with van der Waals surface area (Å²) in [5.74, 6) is 1.63. The van der Waals surface area contributed by atoms with Crippen molar-refractivity contribution in [1.82, 2.24) is 5.32 Å². The smallest absolute Gasteiger partial charge is 0.0394 e. The topological polar surface area (TPSA) is 29.1 Å². The summed E-state index contributed by atoms with van der Waals surface area (Å²) in [6.07, 6.45) is 7.59. The van der Waals surface area contributed by atoms with Gasteiger partial charge in [-0.2, -0.15) is 0 Å². The molecule has 0 bridgehead atoms. The van der Waals surface area contributed by atoms with Crippen LogP contribution in [0.25, 0.3) is 0 Å². The molecule has 3 heteroatoms. The molecule has 1 N–H and O–H groups in total. The van der Waals surface area contributed by atoms with E-state index in [4.69, 9.17) is 0 Å². The highest BCUT2D eigenvalue weighted by atomic mass is 32.2. The van der Waals surface area contributed by atoms with Crippen molar-refractivity contribution in [3.05, 3.63) is 0 Å². The highest BCUT2D eigenvalue weighted by Gasteiger charge is 2.26. The maximum Gasteiger partial charge on any atom is 0.0394 e. The minimum Gasteiger partial charge on any atom is -0.313 e. The first-order valence-electron chi connectivity index (χ1n) is 7.29. The van der Waals surface area contributed by atoms with Crippen molar-refractivity contribution in [2.24, 2.45) is 5.92 Å². The fourth-order valence-corrected chi connectivity index (χ4v) is 4.02. The first-order chi connectivity index (χ1) is 8.19. The second-order valence-corrected chi connectivity index (χ2v) is 7.27. The Morgan fingerprint density at radius 2 is 1.94 bits per heavy atom. The Balaban J connectivity index is 2.47. The monoisotopic (exact) mass is 259 g/mol. The maximum atomic E-state index is 12.2. The Hall–Kier alpha value is 0.110. The maximum absolute atomic E-state index is 12.2. The van der Waals surface area contributed by atoms with E-state index in [9.17, 15) is 4.21 Å². The Labute approximate surface area is 109 Å². The lowest BCUT2D eigenvalue weighted by molar-refractivity contribution is 0.385. The van der Waals surface area contributed by atoms with Crippen LogP contribution >= 0.6 is 0 Å². The van der Waals surface area contributed by atoms with Gasteiger partial charge in [-0.05, 0) is 38.1 Å². The molecule has 0 amide bonds. The first-order valence-corrected chi connectivity index (χ1v) is 8.67. The molecule has 0 heterocycles. The van der Waals surface area contributed by atoms with Crippen LogP contribution in [0.2, 0.25) is 0 Å². The van der Waals surface area contributed by atoms with Crippen LogP contribution in [0, 0.1) is 5.92 Å². The van der Waals surface area contributed by atoms with Crippen molar-refractivity contribution in [2.45, 2.75) is 70.6 Å². The Morgan fingerprint density at radius 1 is 1.29 bits per heavy atom. The van der Waals surface area contributed by atoms with Gasteiger partial charge in [0, 0.05) is 27.8 Å². The zero-order chi connectivity index (χ0) is 12.7. The molecule has 0 aromatic rings. The summed E-state index contributed by atoms with van der Waals surface area (Å²) in [5.41, 5.74) is 0. The summed E-state index contributed by atoms with van der Waals surface area (Å²) < 4.78 is 12.2. The lowest BCUT2D eigenvalue weighted by Gasteiger charge is -2.25. The zero-order valence-corrected chi connectivity index (χ0v) is 12.5. The number of nitrogens with one attached hydrogen (secondary N) is 1. The Kier molecular flexibility index (Phi) is 7.36. The third-order valence-corrected chi connectivity index (χ3v) is 5.91. The molecule has 1 fully saturated rings. The van der Waals surface area contributed by atoms with E-state index in [0.717, 1.165) is 24.6 Å². The van der Waals surface area contributed by atoms with Crippen molar-refractivity contribution in [2.75, 3.05) is 12.3 Å². The summed E-state index contributed by atoms with van der Waals surface area (Å²) in [7, 11) is -0.657. The largest absolute Gasteiger partial charge is 0.313 e. The van der Waals surface area contributed by atoms with Gasteiger partial charge in [-0.3, -0.25) is 4.21 Å². The van der Waals surface area contributed by atoms with Crippen LogP contribution in [0.15, 0.2) is 0 Å². The van der Waals surface area contributed by atoms with Gasteiger partial charge in [0.25, 0.3) is 0 Å². The van der Waals surface area contributed by atoms with Crippen molar-refractivity contribution in [1.29, 1.82) is 0 Å². The minimum absolute atomic E-state index is 0.349. The van der Waals surface area contributed by atoms with E-state index < -0.39 is 10.8 Å². The SMILES string of the molecule is CCCNC(CS(=O)C(C)CC)C1CCCC1. The van der Waals surface area contributed by atoms with Crippen LogP contribution in [-0.2, 0) is 10.8 Å². The molecule has 0 saturated heterocycles. The fourth-order valence-electron chi connectivity index (χ4n) is 2.58. The van der Waals surface area contributed by atoms with E-state index in [1.165, 1.54) is 32.1 Å². The molecule has 0 radical (unpaired) electrons. The number of rotatable bonds is 8. The predicted octanol–water partition coefficient (Wildman–Crippen LogP) is 3.09. The van der Waals surface area contributed by atoms with Gasteiger partial charge in [0.15, 0.2) is 0 Å². The normalized spacial score (nSPS) is 22.5. The second kappa shape index (κ2) is 8.25. The first kappa shape index (κ1) is 15.2. The van der Waals surface area contributed by atoms with Gasteiger partial charge in [0.05, 0.1) is 0 Å². The summed E-state index contributed by atoms with van der Waals surface area (Å²) in [6, 6.07) is 0.493. The van der Waals surface area contributed by atoms with Crippen LogP contribution < -0.4 is 5.32 Å². The van der Waals surface area contributed by atoms with Crippen LogP contribution in [0.1, 0.15) is 59.3 Å². The third kappa shape index (κ3) is 5.09. The van der Waals surface area contributed by atoms with Gasteiger partial charge in [0.2, 0.25) is 0 Å². The van der Waals surface area contributed by atoms with E-state index in [1.807, 2.05) is 0 Å². The van der Waals surface area contributed by atoms with Gasteiger partial charge in [-0.15, -0.1) is 0 Å². The van der Waals surface area contributed by atoms with Gasteiger partial charge in [0.1, 0.15) is 0 Å². The molecular weight excluding hydrogens is 230 g/mol. The molecule has 0 aromatic heterocycles. The highest BCUT2D eigenvalue weighted by molar-refractivity contribution is 7.85. The van der Waals surface area contributed by atoms with E-state index >= 15 is 0 Å². The molecular formula is C14H29NOS. The number of hydrogen-bond acceptors (Lipinski definition) is 2. The van der Waals surface area contributed by atoms with Crippen LogP contribution in [0.4, 0.5) is 0 Å². The quantitative estimate of drug-likeness (QED) is 0.726. The van der Waals surface area contributed by atoms with Crippen molar-refractivity contribution < 1.29 is 4.21 Å². The van der Waals surface area contributed by atoms with Gasteiger partial charge in [-0.25, -0.2) is 0 Å². The van der Waals surface area contributed by atoms with Crippen LogP contribution in [0.5, 0.6) is 0 Å². The highest BCUT2D eigenvalue weighted by Crippen LogP contribution is 2.28. The summed E-state index contributed by atoms with van der Waals surface area (Å²) in [6.45, 7) is 7.51. The minimum atomic E-state index is -0.657. The van der Waals surface area contributed by atoms with Gasteiger partial charge in [-0.1, -0.05) is 33.6 Å². The molecule has 17 heavy (non-hydrogen) atoms. The van der Waals surface area contributed by atoms with Crippen LogP contribution in [0.3, 0.4) is 0 Å². The molecule has 1 aliphatic rings. The molecule has 2 nitrogen and oxygen atoms in total. The van der Waals surface area contributed by atoms with Crippen molar-refractivity contribution in [3.63, 3.8) is 0 Å². The van der Waals surface area contributed by atoms with E-state index in [-0.39, 0.29) is 0 Å². The lowest BCUT2D eigenvalue weighted by atomic mass is 10.00. The molecule has 0 aromatic carbocycles. The second-order valence-electron chi connectivity index (χ2n) is 5.37.